The van der Waals surface area contributed by atoms with Crippen LogP contribution in [0.25, 0.3) is 0 Å². The van der Waals surface area contributed by atoms with Crippen LogP contribution in [-0.2, 0) is 4.79 Å². The highest BCUT2D eigenvalue weighted by Crippen LogP contribution is 2.49. The molecule has 2 aromatic rings. The van der Waals surface area contributed by atoms with Gasteiger partial charge in [-0.05, 0) is 37.8 Å². The lowest BCUT2D eigenvalue weighted by atomic mass is 9.74. The first-order valence-electron chi connectivity index (χ1n) is 10.2. The summed E-state index contributed by atoms with van der Waals surface area (Å²) in [5.41, 5.74) is 2.72. The molecular weight excluding hydrogens is 456 g/mol. The first kappa shape index (κ1) is 22.8. The van der Waals surface area contributed by atoms with E-state index < -0.39 is 17.9 Å². The van der Waals surface area contributed by atoms with Gasteiger partial charge in [0.1, 0.15) is 11.6 Å². The van der Waals surface area contributed by atoms with Crippen molar-refractivity contribution in [1.82, 2.24) is 20.6 Å². The van der Waals surface area contributed by atoms with Crippen LogP contribution in [-0.4, -0.2) is 47.0 Å². The lowest BCUT2D eigenvalue weighted by molar-refractivity contribution is -0.198. The first-order chi connectivity index (χ1) is 15.2. The molecular formula is C20H21ClF4N4O3. The van der Waals surface area contributed by atoms with Crippen molar-refractivity contribution in [1.29, 1.82) is 0 Å². The van der Waals surface area contributed by atoms with Crippen molar-refractivity contribution in [3.63, 3.8) is 0 Å². The molecule has 0 radical (unpaired) electrons. The summed E-state index contributed by atoms with van der Waals surface area (Å²) in [5.74, 6) is -1.77. The topological polar surface area (TPSA) is 80.5 Å². The number of aromatic nitrogens is 2. The molecule has 4 rings (SSSR count). The minimum Gasteiger partial charge on any atom is -0.484 e. The molecule has 1 aliphatic heterocycles. The number of nitrogens with zero attached hydrogens (tertiary/aromatic N) is 3. The standard InChI is InChI=1S/C20H21ClF4N4O3/c21-15-2-1-14(9-16(15)22)31-10-17(30)28-29-5-3-11(4-6-29)18-26-27-19(32-18)12-7-13(8-12)20(23,24)25/h1-2,9,11-13H,3-8,10H2,(H,28,30)/t12-,13+. The van der Waals surface area contributed by atoms with Gasteiger partial charge in [0, 0.05) is 31.0 Å². The molecule has 32 heavy (non-hydrogen) atoms. The zero-order chi connectivity index (χ0) is 22.9. The fraction of sp³-hybridized carbons (Fsp3) is 0.550. The maximum absolute atomic E-state index is 13.4. The number of carbonyl (C=O) groups is 1. The predicted molar refractivity (Wildman–Crippen MR) is 104 cm³/mol. The second-order valence-electron chi connectivity index (χ2n) is 8.05. The monoisotopic (exact) mass is 476 g/mol. The Labute approximate surface area is 186 Å². The normalized spacial score (nSPS) is 22.4. The number of benzene rings is 1. The Hall–Kier alpha value is -2.40. The SMILES string of the molecule is O=C(COc1ccc(Cl)c(F)c1)NN1CCC(c2nnc([C@H]3C[C@@H](C(F)(F)F)C3)o2)CC1. The number of nitrogens with one attached hydrogen (secondary N) is 1. The van der Waals surface area contributed by atoms with Crippen molar-refractivity contribution in [2.45, 2.75) is 43.7 Å². The van der Waals surface area contributed by atoms with E-state index >= 15 is 0 Å². The van der Waals surface area contributed by atoms with E-state index in [4.69, 9.17) is 20.8 Å². The lowest BCUT2D eigenvalue weighted by Crippen LogP contribution is -2.47. The van der Waals surface area contributed by atoms with E-state index in [0.717, 1.165) is 6.07 Å². The molecule has 1 aromatic carbocycles. The summed E-state index contributed by atoms with van der Waals surface area (Å²) in [7, 11) is 0. The molecule has 2 fully saturated rings. The van der Waals surface area contributed by atoms with E-state index in [9.17, 15) is 22.4 Å². The zero-order valence-corrected chi connectivity index (χ0v) is 17.6. The summed E-state index contributed by atoms with van der Waals surface area (Å²) in [6.45, 7) is 0.779. The second kappa shape index (κ2) is 9.22. The number of hydrogen-bond acceptors (Lipinski definition) is 6. The van der Waals surface area contributed by atoms with Gasteiger partial charge in [0.2, 0.25) is 11.8 Å². The number of piperidine rings is 1. The van der Waals surface area contributed by atoms with Crippen molar-refractivity contribution in [2.75, 3.05) is 19.7 Å². The maximum atomic E-state index is 13.4. The van der Waals surface area contributed by atoms with Crippen LogP contribution in [0.1, 0.15) is 49.3 Å². The summed E-state index contributed by atoms with van der Waals surface area (Å²) in [6, 6.07) is 3.92. The van der Waals surface area contributed by atoms with Crippen LogP contribution in [0.3, 0.4) is 0 Å². The Morgan fingerprint density at radius 3 is 2.47 bits per heavy atom. The summed E-state index contributed by atoms with van der Waals surface area (Å²) in [5, 5.41) is 9.68. The molecule has 0 spiro atoms. The highest BCUT2D eigenvalue weighted by Gasteiger charge is 2.49. The van der Waals surface area contributed by atoms with Crippen molar-refractivity contribution in [3.8, 4) is 5.75 Å². The second-order valence-corrected chi connectivity index (χ2v) is 8.45. The Bertz CT molecular complexity index is 957. The lowest BCUT2D eigenvalue weighted by Gasteiger charge is -2.34. The average Bonchev–Trinajstić information content (AvgIpc) is 3.17. The third kappa shape index (κ3) is 5.32. The van der Waals surface area contributed by atoms with E-state index in [1.807, 2.05) is 0 Å². The van der Waals surface area contributed by atoms with E-state index in [1.165, 1.54) is 12.1 Å². The van der Waals surface area contributed by atoms with Gasteiger partial charge in [-0.3, -0.25) is 10.2 Å². The van der Waals surface area contributed by atoms with Crippen molar-refractivity contribution < 1.29 is 31.5 Å². The van der Waals surface area contributed by atoms with Gasteiger partial charge < -0.3 is 9.15 Å². The molecule has 2 heterocycles. The molecule has 1 amide bonds. The number of alkyl halides is 3. The third-order valence-corrected chi connectivity index (χ3v) is 6.10. The molecule has 174 valence electrons. The number of amides is 1. The predicted octanol–water partition coefficient (Wildman–Crippen LogP) is 4.21. The molecule has 12 heteroatoms. The Morgan fingerprint density at radius 2 is 1.84 bits per heavy atom. The minimum atomic E-state index is -4.17. The smallest absolute Gasteiger partial charge is 0.391 e. The van der Waals surface area contributed by atoms with Crippen LogP contribution in [0.4, 0.5) is 17.6 Å². The zero-order valence-electron chi connectivity index (χ0n) is 16.9. The molecule has 0 atom stereocenters. The highest BCUT2D eigenvalue weighted by atomic mass is 35.5. The molecule has 7 nitrogen and oxygen atoms in total. The Balaban J connectivity index is 1.19. The number of ether oxygens (including phenoxy) is 1. The van der Waals surface area contributed by atoms with Crippen LogP contribution < -0.4 is 10.2 Å². The van der Waals surface area contributed by atoms with Crippen LogP contribution >= 0.6 is 11.6 Å². The molecule has 0 bridgehead atoms. The third-order valence-electron chi connectivity index (χ3n) is 5.79. The van der Waals surface area contributed by atoms with Gasteiger partial charge in [-0.1, -0.05) is 11.6 Å². The fourth-order valence-corrected chi connectivity index (χ4v) is 3.94. The van der Waals surface area contributed by atoms with E-state index in [2.05, 4.69) is 15.6 Å². The van der Waals surface area contributed by atoms with Crippen LogP contribution in [0.5, 0.6) is 5.75 Å². The largest absolute Gasteiger partial charge is 0.484 e. The number of rotatable bonds is 6. The van der Waals surface area contributed by atoms with Gasteiger partial charge >= 0.3 is 6.18 Å². The summed E-state index contributed by atoms with van der Waals surface area (Å²) in [4.78, 5) is 12.1. The summed E-state index contributed by atoms with van der Waals surface area (Å²) < 4.78 is 62.3. The number of hydrogen-bond donors (Lipinski definition) is 1. The van der Waals surface area contributed by atoms with Crippen LogP contribution in [0, 0.1) is 11.7 Å². The quantitative estimate of drug-likeness (QED) is 0.629. The maximum Gasteiger partial charge on any atom is 0.391 e. The summed E-state index contributed by atoms with van der Waals surface area (Å²) >= 11 is 5.60. The number of halogens is 5. The Morgan fingerprint density at radius 1 is 1.19 bits per heavy atom. The average molecular weight is 477 g/mol. The minimum absolute atomic E-state index is 0.0135. The van der Waals surface area contributed by atoms with Gasteiger partial charge in [0.05, 0.1) is 10.9 Å². The van der Waals surface area contributed by atoms with E-state index in [1.54, 1.807) is 5.01 Å². The molecule has 1 aliphatic carbocycles. The molecule has 1 N–H and O–H groups in total. The van der Waals surface area contributed by atoms with E-state index in [0.29, 0.717) is 31.8 Å². The van der Waals surface area contributed by atoms with Gasteiger partial charge in [-0.2, -0.15) is 13.2 Å². The number of carbonyl (C=O) groups excluding carboxylic acids is 1. The van der Waals surface area contributed by atoms with Crippen molar-refractivity contribution in [3.05, 3.63) is 40.8 Å². The van der Waals surface area contributed by atoms with Gasteiger partial charge in [-0.25, -0.2) is 9.40 Å². The number of hydrazine groups is 1. The highest BCUT2D eigenvalue weighted by molar-refractivity contribution is 6.30. The van der Waals surface area contributed by atoms with Gasteiger partial charge in [0.15, 0.2) is 6.61 Å². The van der Waals surface area contributed by atoms with Crippen molar-refractivity contribution >= 4 is 17.5 Å². The Kier molecular flexibility index (Phi) is 6.57. The summed E-state index contributed by atoms with van der Waals surface area (Å²) in [6.07, 6.45) is -2.92. The fourth-order valence-electron chi connectivity index (χ4n) is 3.83. The molecule has 1 saturated carbocycles. The molecule has 1 saturated heterocycles. The molecule has 2 aliphatic rings. The van der Waals surface area contributed by atoms with E-state index in [-0.39, 0.29) is 53.9 Å². The van der Waals surface area contributed by atoms with Crippen LogP contribution in [0.15, 0.2) is 22.6 Å². The van der Waals surface area contributed by atoms with Gasteiger partial charge in [-0.15, -0.1) is 10.2 Å². The van der Waals surface area contributed by atoms with Crippen LogP contribution in [0.2, 0.25) is 5.02 Å². The van der Waals surface area contributed by atoms with Crippen molar-refractivity contribution in [2.24, 2.45) is 5.92 Å². The first-order valence-corrected chi connectivity index (χ1v) is 10.6. The van der Waals surface area contributed by atoms with Gasteiger partial charge in [0.25, 0.3) is 5.91 Å². The molecule has 0 unspecified atom stereocenters. The molecule has 1 aromatic heterocycles.